The first-order valence-electron chi connectivity index (χ1n) is 22.3. The molecule has 4 N–H and O–H groups in total. The maximum absolute atomic E-state index is 14.3. The summed E-state index contributed by atoms with van der Waals surface area (Å²) in [5.74, 6) is 1.41. The van der Waals surface area contributed by atoms with E-state index in [-0.39, 0.29) is 47.2 Å². The van der Waals surface area contributed by atoms with Gasteiger partial charge in [0.2, 0.25) is 11.8 Å². The number of aromatic amines is 2. The largest absolute Gasteiger partial charge is 0.453 e. The summed E-state index contributed by atoms with van der Waals surface area (Å²) >= 11 is 0. The lowest BCUT2D eigenvalue weighted by molar-refractivity contribution is -0.146. The first-order chi connectivity index (χ1) is 30.4. The summed E-state index contributed by atoms with van der Waals surface area (Å²) < 4.78 is 15.6. The van der Waals surface area contributed by atoms with Crippen molar-refractivity contribution in [2.24, 2.45) is 23.2 Å². The van der Waals surface area contributed by atoms with Crippen molar-refractivity contribution in [3.63, 3.8) is 0 Å². The third-order valence-electron chi connectivity index (χ3n) is 13.9. The van der Waals surface area contributed by atoms with Crippen LogP contribution in [0.3, 0.4) is 0 Å². The topological polar surface area (TPSA) is 184 Å². The highest BCUT2D eigenvalue weighted by Crippen LogP contribution is 2.54. The van der Waals surface area contributed by atoms with Crippen LogP contribution in [0.15, 0.2) is 60.8 Å². The number of imidazole rings is 2. The second-order valence-electron chi connectivity index (χ2n) is 18.7. The van der Waals surface area contributed by atoms with Crippen molar-refractivity contribution in [1.29, 1.82) is 0 Å². The van der Waals surface area contributed by atoms with Crippen LogP contribution < -0.4 is 10.6 Å². The van der Waals surface area contributed by atoms with Crippen molar-refractivity contribution in [3.8, 4) is 22.4 Å². The first kappa shape index (κ1) is 42.3. The van der Waals surface area contributed by atoms with E-state index in [4.69, 9.17) is 24.2 Å². The summed E-state index contributed by atoms with van der Waals surface area (Å²) in [5.41, 5.74) is 5.61. The zero-order chi connectivity index (χ0) is 44.2. The molecule has 15 heteroatoms. The minimum absolute atomic E-state index is 0.100. The number of nitrogens with zero attached hydrogens (tertiary/aromatic N) is 4. The number of H-pyrrole nitrogens is 2. The third kappa shape index (κ3) is 8.11. The van der Waals surface area contributed by atoms with E-state index in [1.165, 1.54) is 14.2 Å². The Balaban J connectivity index is 0.933. The molecule has 3 saturated heterocycles. The van der Waals surface area contributed by atoms with Crippen LogP contribution in [-0.2, 0) is 23.8 Å². The van der Waals surface area contributed by atoms with Crippen LogP contribution in [0, 0.1) is 23.2 Å². The molecule has 0 bridgehead atoms. The zero-order valence-corrected chi connectivity index (χ0v) is 36.9. The van der Waals surface area contributed by atoms with Gasteiger partial charge in [-0.3, -0.25) is 9.59 Å². The molecule has 4 fully saturated rings. The van der Waals surface area contributed by atoms with Crippen LogP contribution in [-0.4, -0.2) is 106 Å². The number of methoxy groups -OCH3 is 2. The lowest BCUT2D eigenvalue weighted by Gasteiger charge is -2.49. The molecule has 4 amide bonds. The number of aromatic nitrogens is 4. The van der Waals surface area contributed by atoms with Crippen LogP contribution in [0.5, 0.6) is 0 Å². The minimum Gasteiger partial charge on any atom is -0.453 e. The smallest absolute Gasteiger partial charge is 0.407 e. The Hall–Kier alpha value is -5.96. The molecule has 2 aromatic heterocycles. The van der Waals surface area contributed by atoms with Gasteiger partial charge in [-0.15, -0.1) is 0 Å². The Bertz CT molecular complexity index is 2520. The van der Waals surface area contributed by atoms with Crippen LogP contribution in [0.25, 0.3) is 44.2 Å². The standard InChI is InChI=1S/C48H58N8O7/c1-26(2)39(53-46(59)61-5)44(57)55-24-48(17-7-19-63-25-48)18-16-36(55)42-49-23-35(51-42)29-10-8-28(9-11-29)30-12-14-33-31(20-30)13-15-34-41(33)52-43(50-34)38-22-32-21-37(32)56(38)45(58)40(27(3)4)54-47(60)62-6/h8-15,20,23,26-27,32,36-40H,7,16-19,21-22,24-25H2,1-6H3,(H,49,51)(H,50,52)(H,53,59)(H,54,60)/t32-,36+,37-,38+,39+,40+,48+/m1/s1. The maximum Gasteiger partial charge on any atom is 0.407 e. The second kappa shape index (κ2) is 17.0. The molecule has 7 atom stereocenters. The van der Waals surface area contributed by atoms with Crippen LogP contribution in [0.2, 0.25) is 0 Å². The molecule has 5 heterocycles. The lowest BCUT2D eigenvalue weighted by Crippen LogP contribution is -2.57. The molecule has 1 saturated carbocycles. The summed E-state index contributed by atoms with van der Waals surface area (Å²) in [6.45, 7) is 9.58. The number of amides is 4. The highest BCUT2D eigenvalue weighted by molar-refractivity contribution is 6.05. The van der Waals surface area contributed by atoms with E-state index in [1.807, 2.05) is 49.8 Å². The van der Waals surface area contributed by atoms with Crippen molar-refractivity contribution >= 4 is 45.8 Å². The van der Waals surface area contributed by atoms with E-state index in [0.717, 1.165) is 101 Å². The van der Waals surface area contributed by atoms with Gasteiger partial charge in [-0.25, -0.2) is 19.6 Å². The van der Waals surface area contributed by atoms with Gasteiger partial charge in [0.05, 0.1) is 55.8 Å². The number of alkyl carbamates (subject to hydrolysis) is 2. The second-order valence-corrected chi connectivity index (χ2v) is 18.7. The highest BCUT2D eigenvalue weighted by Gasteiger charge is 2.56. The fourth-order valence-electron chi connectivity index (χ4n) is 10.3. The average molecular weight is 859 g/mol. The van der Waals surface area contributed by atoms with E-state index in [9.17, 15) is 19.2 Å². The summed E-state index contributed by atoms with van der Waals surface area (Å²) in [4.78, 5) is 73.6. The zero-order valence-electron chi connectivity index (χ0n) is 36.9. The SMILES string of the molecule is COC(=O)N[C@H](C(=O)N1C[C@]2(CCCOC2)CC[C@H]1c1ncc(-c2ccc(-c3ccc4c(ccc5nc([C@@H]6C[C@H]7C[C@H]7N6C(=O)[C@@H](NC(=O)OC)C(C)C)[nH]c54)c3)cc2)[nH]1)C(C)C. The monoisotopic (exact) mass is 858 g/mol. The van der Waals surface area contributed by atoms with E-state index in [1.54, 1.807) is 0 Å². The van der Waals surface area contributed by atoms with Crippen LogP contribution >= 0.6 is 0 Å². The van der Waals surface area contributed by atoms with E-state index in [2.05, 4.69) is 69.1 Å². The number of nitrogens with one attached hydrogen (secondary N) is 4. The molecular weight excluding hydrogens is 801 g/mol. The molecule has 15 nitrogen and oxygen atoms in total. The summed E-state index contributed by atoms with van der Waals surface area (Å²) in [5, 5.41) is 7.65. The van der Waals surface area contributed by atoms with Gasteiger partial charge in [0.15, 0.2) is 0 Å². The number of likely N-dealkylation sites (tertiary alicyclic amines) is 2. The Morgan fingerprint density at radius 1 is 0.810 bits per heavy atom. The van der Waals surface area contributed by atoms with Crippen molar-refractivity contribution in [2.75, 3.05) is 34.0 Å². The molecule has 3 aromatic carbocycles. The minimum atomic E-state index is -0.743. The predicted octanol–water partition coefficient (Wildman–Crippen LogP) is 7.66. The maximum atomic E-state index is 14.3. The molecule has 0 radical (unpaired) electrons. The molecule has 0 unspecified atom stereocenters. The number of benzene rings is 3. The number of rotatable bonds is 10. The lowest BCUT2D eigenvalue weighted by atomic mass is 9.73. The van der Waals surface area contributed by atoms with Crippen LogP contribution in [0.1, 0.15) is 90.0 Å². The number of ether oxygens (including phenoxy) is 3. The van der Waals surface area contributed by atoms with Gasteiger partial charge < -0.3 is 44.6 Å². The van der Waals surface area contributed by atoms with Crippen LogP contribution in [0.4, 0.5) is 9.59 Å². The fourth-order valence-corrected chi connectivity index (χ4v) is 10.3. The van der Waals surface area contributed by atoms with Crippen molar-refractivity contribution in [3.05, 3.63) is 72.4 Å². The van der Waals surface area contributed by atoms with Gasteiger partial charge in [0.25, 0.3) is 0 Å². The Kier molecular flexibility index (Phi) is 11.4. The third-order valence-corrected chi connectivity index (χ3v) is 13.9. The number of carbonyl (C=O) groups is 4. The molecular formula is C48H58N8O7. The first-order valence-corrected chi connectivity index (χ1v) is 22.3. The molecule has 1 spiro atoms. The van der Waals surface area contributed by atoms with E-state index < -0.39 is 24.3 Å². The number of carbonyl (C=O) groups excluding carboxylic acids is 4. The molecule has 9 rings (SSSR count). The Morgan fingerprint density at radius 3 is 2.19 bits per heavy atom. The summed E-state index contributed by atoms with van der Waals surface area (Å²) in [6.07, 6.45) is 5.99. The molecule has 3 aliphatic heterocycles. The fraction of sp³-hybridized carbons (Fsp3) is 0.500. The molecule has 332 valence electrons. The van der Waals surface area contributed by atoms with Gasteiger partial charge in [-0.1, -0.05) is 70.2 Å². The number of piperidine rings is 2. The van der Waals surface area contributed by atoms with E-state index in [0.29, 0.717) is 19.1 Å². The normalized spacial score (nSPS) is 24.1. The molecule has 4 aliphatic rings. The highest BCUT2D eigenvalue weighted by atomic mass is 16.5. The average Bonchev–Trinajstić information content (AvgIpc) is 3.60. The molecule has 1 aliphatic carbocycles. The quantitative estimate of drug-likeness (QED) is 0.110. The van der Waals surface area contributed by atoms with Crippen molar-refractivity contribution < 1.29 is 33.4 Å². The number of hydrogen-bond donors (Lipinski definition) is 4. The molecule has 5 aromatic rings. The van der Waals surface area contributed by atoms with Gasteiger partial charge in [-0.05, 0) is 90.5 Å². The van der Waals surface area contributed by atoms with Gasteiger partial charge in [-0.2, -0.15) is 0 Å². The number of hydrogen-bond acceptors (Lipinski definition) is 9. The predicted molar refractivity (Wildman–Crippen MR) is 237 cm³/mol. The van der Waals surface area contributed by atoms with Gasteiger partial charge in [0.1, 0.15) is 23.7 Å². The summed E-state index contributed by atoms with van der Waals surface area (Å²) in [6, 6.07) is 17.2. The number of fused-ring (bicyclic) bond motifs is 4. The van der Waals surface area contributed by atoms with Crippen molar-refractivity contribution in [2.45, 2.75) is 96.4 Å². The van der Waals surface area contributed by atoms with Crippen molar-refractivity contribution in [1.82, 2.24) is 40.4 Å². The van der Waals surface area contributed by atoms with Gasteiger partial charge >= 0.3 is 12.2 Å². The van der Waals surface area contributed by atoms with Gasteiger partial charge in [0, 0.05) is 30.0 Å². The Morgan fingerprint density at radius 2 is 1.51 bits per heavy atom. The van der Waals surface area contributed by atoms with E-state index >= 15 is 0 Å². The Labute approximate surface area is 367 Å². The summed E-state index contributed by atoms with van der Waals surface area (Å²) in [7, 11) is 2.61. The molecule has 63 heavy (non-hydrogen) atoms.